The molecule has 3 aromatic rings. The second-order valence-electron chi connectivity index (χ2n) is 6.34. The maximum absolute atomic E-state index is 5.11. The quantitative estimate of drug-likeness (QED) is 0.318. The molecular weight excluding hydrogens is 342 g/mol. The molecule has 0 aliphatic rings. The number of aromatic nitrogens is 4. The normalized spacial score (nSPS) is 11.9. The van der Waals surface area contributed by atoms with Crippen LogP contribution in [-0.4, -0.2) is 52.5 Å². The molecule has 0 amide bonds. The van der Waals surface area contributed by atoms with Crippen LogP contribution in [0.2, 0.25) is 0 Å². The van der Waals surface area contributed by atoms with Crippen molar-refractivity contribution in [3.8, 4) is 0 Å². The number of H-pyrrole nitrogens is 1. The Morgan fingerprint density at radius 2 is 2.04 bits per heavy atom. The first-order valence-electron chi connectivity index (χ1n) is 9.10. The van der Waals surface area contributed by atoms with E-state index in [1.807, 2.05) is 24.6 Å². The number of nitrogens with zero attached hydrogens (tertiary/aromatic N) is 4. The molecule has 3 N–H and O–H groups in total. The number of rotatable bonds is 8. The summed E-state index contributed by atoms with van der Waals surface area (Å²) in [7, 11) is 3.63. The minimum Gasteiger partial charge on any atom is -0.383 e. The Morgan fingerprint density at radius 3 is 2.81 bits per heavy atom. The van der Waals surface area contributed by atoms with E-state index < -0.39 is 0 Å². The first-order chi connectivity index (χ1) is 13.2. The van der Waals surface area contributed by atoms with Crippen molar-refractivity contribution in [2.24, 2.45) is 12.0 Å². The summed E-state index contributed by atoms with van der Waals surface area (Å²) in [6.45, 7) is 4.47. The summed E-state index contributed by atoms with van der Waals surface area (Å²) in [6.07, 6.45) is 2.97. The molecule has 2 aromatic heterocycles. The molecule has 144 valence electrons. The molecular formula is C19H27N7O. The topological polar surface area (TPSA) is 92.2 Å². The number of hydrogen-bond acceptors (Lipinski definition) is 4. The van der Waals surface area contributed by atoms with Crippen LogP contribution >= 0.6 is 0 Å². The van der Waals surface area contributed by atoms with Crippen LogP contribution in [0.5, 0.6) is 0 Å². The van der Waals surface area contributed by atoms with Gasteiger partial charge in [0.15, 0.2) is 11.8 Å². The van der Waals surface area contributed by atoms with E-state index in [2.05, 4.69) is 55.2 Å². The van der Waals surface area contributed by atoms with E-state index in [-0.39, 0.29) is 0 Å². The van der Waals surface area contributed by atoms with Gasteiger partial charge in [-0.25, -0.2) is 4.99 Å². The van der Waals surface area contributed by atoms with Gasteiger partial charge in [-0.1, -0.05) is 18.2 Å². The maximum Gasteiger partial charge on any atom is 0.191 e. The highest BCUT2D eigenvalue weighted by molar-refractivity contribution is 5.83. The van der Waals surface area contributed by atoms with Crippen LogP contribution in [0, 0.1) is 6.92 Å². The summed E-state index contributed by atoms with van der Waals surface area (Å²) >= 11 is 0. The van der Waals surface area contributed by atoms with Gasteiger partial charge < -0.3 is 24.9 Å². The van der Waals surface area contributed by atoms with Gasteiger partial charge in [0.05, 0.1) is 6.61 Å². The zero-order valence-corrected chi connectivity index (χ0v) is 16.1. The minimum atomic E-state index is 0.465. The van der Waals surface area contributed by atoms with Gasteiger partial charge in [-0.15, -0.1) is 10.2 Å². The molecule has 0 fully saturated rings. The first kappa shape index (κ1) is 18.9. The molecule has 27 heavy (non-hydrogen) atoms. The number of guanidine groups is 1. The lowest BCUT2D eigenvalue weighted by Crippen LogP contribution is -2.40. The third kappa shape index (κ3) is 4.85. The second kappa shape index (κ2) is 9.18. The monoisotopic (exact) mass is 369 g/mol. The van der Waals surface area contributed by atoms with Crippen LogP contribution in [0.15, 0.2) is 35.5 Å². The van der Waals surface area contributed by atoms with Gasteiger partial charge in [0.2, 0.25) is 0 Å². The predicted molar refractivity (Wildman–Crippen MR) is 107 cm³/mol. The number of ether oxygens (including phenoxy) is 1. The fourth-order valence-corrected chi connectivity index (χ4v) is 2.84. The van der Waals surface area contributed by atoms with Crippen molar-refractivity contribution in [1.29, 1.82) is 0 Å². The molecule has 1 aromatic carbocycles. The van der Waals surface area contributed by atoms with Gasteiger partial charge in [0, 0.05) is 44.3 Å². The van der Waals surface area contributed by atoms with Crippen molar-refractivity contribution in [3.63, 3.8) is 0 Å². The van der Waals surface area contributed by atoms with Gasteiger partial charge in [-0.05, 0) is 25.0 Å². The standard InChI is InChI=1S/C19H27N7O/c1-14-24-25-18(26(14)2)13-23-19(21-10-11-27-3)20-9-8-15-12-22-17-7-5-4-6-16(15)17/h4-7,12,22H,8-11,13H2,1-3H3,(H2,20,21,23). The Bertz CT molecular complexity index is 896. The molecule has 0 saturated heterocycles. The fourth-order valence-electron chi connectivity index (χ4n) is 2.84. The smallest absolute Gasteiger partial charge is 0.191 e. The Morgan fingerprint density at radius 1 is 1.22 bits per heavy atom. The molecule has 0 saturated carbocycles. The van der Waals surface area contributed by atoms with E-state index >= 15 is 0 Å². The second-order valence-corrected chi connectivity index (χ2v) is 6.34. The predicted octanol–water partition coefficient (Wildman–Crippen LogP) is 1.53. The van der Waals surface area contributed by atoms with Crippen LogP contribution in [0.4, 0.5) is 0 Å². The van der Waals surface area contributed by atoms with E-state index in [4.69, 9.17) is 4.74 Å². The zero-order valence-electron chi connectivity index (χ0n) is 16.1. The lowest BCUT2D eigenvalue weighted by atomic mass is 10.1. The van der Waals surface area contributed by atoms with E-state index in [9.17, 15) is 0 Å². The van der Waals surface area contributed by atoms with Crippen molar-refractivity contribution in [3.05, 3.63) is 47.7 Å². The third-order valence-electron chi connectivity index (χ3n) is 4.52. The number of benzene rings is 1. The van der Waals surface area contributed by atoms with Gasteiger partial charge >= 0.3 is 0 Å². The number of aryl methyl sites for hydroxylation is 1. The van der Waals surface area contributed by atoms with Gasteiger partial charge in [-0.3, -0.25) is 0 Å². The highest BCUT2D eigenvalue weighted by Crippen LogP contribution is 2.17. The number of hydrogen-bond donors (Lipinski definition) is 3. The van der Waals surface area contributed by atoms with Crippen LogP contribution in [0.3, 0.4) is 0 Å². The Labute approximate surface area is 159 Å². The van der Waals surface area contributed by atoms with Crippen LogP contribution in [0.25, 0.3) is 10.9 Å². The van der Waals surface area contributed by atoms with E-state index in [1.54, 1.807) is 7.11 Å². The van der Waals surface area contributed by atoms with Crippen molar-refractivity contribution in [2.45, 2.75) is 19.9 Å². The molecule has 0 radical (unpaired) electrons. The number of para-hydroxylation sites is 1. The number of aromatic amines is 1. The Balaban J connectivity index is 1.60. The Hall–Kier alpha value is -2.87. The minimum absolute atomic E-state index is 0.465. The number of aliphatic imine (C=N–C) groups is 1. The third-order valence-corrected chi connectivity index (χ3v) is 4.52. The van der Waals surface area contributed by atoms with Crippen molar-refractivity contribution in [2.75, 3.05) is 26.8 Å². The average molecular weight is 369 g/mol. The molecule has 0 unspecified atom stereocenters. The van der Waals surface area contributed by atoms with Crippen molar-refractivity contribution < 1.29 is 4.74 Å². The molecule has 0 aliphatic heterocycles. The summed E-state index contributed by atoms with van der Waals surface area (Å²) < 4.78 is 7.06. The van der Waals surface area contributed by atoms with Crippen LogP contribution in [-0.2, 0) is 24.8 Å². The fraction of sp³-hybridized carbons (Fsp3) is 0.421. The van der Waals surface area contributed by atoms with Crippen molar-refractivity contribution >= 4 is 16.9 Å². The first-order valence-corrected chi connectivity index (χ1v) is 9.10. The SMILES string of the molecule is COCCNC(=NCc1nnc(C)n1C)NCCc1c[nH]c2ccccc12. The molecule has 0 atom stereocenters. The molecule has 0 aliphatic carbocycles. The van der Waals surface area contributed by atoms with Crippen molar-refractivity contribution in [1.82, 2.24) is 30.4 Å². The summed E-state index contributed by atoms with van der Waals surface area (Å²) in [6, 6.07) is 8.34. The number of methoxy groups -OCH3 is 1. The van der Waals surface area contributed by atoms with E-state index in [0.29, 0.717) is 19.7 Å². The average Bonchev–Trinajstić information content (AvgIpc) is 3.24. The summed E-state index contributed by atoms with van der Waals surface area (Å²) in [5.41, 5.74) is 2.45. The molecule has 2 heterocycles. The lowest BCUT2D eigenvalue weighted by Gasteiger charge is -2.12. The molecule has 3 rings (SSSR count). The molecule has 8 nitrogen and oxygen atoms in total. The van der Waals surface area contributed by atoms with E-state index in [0.717, 1.165) is 36.1 Å². The summed E-state index contributed by atoms with van der Waals surface area (Å²) in [5.74, 6) is 2.45. The molecule has 0 bridgehead atoms. The summed E-state index contributed by atoms with van der Waals surface area (Å²) in [4.78, 5) is 7.94. The molecule has 0 spiro atoms. The van der Waals surface area contributed by atoms with Crippen LogP contribution in [0.1, 0.15) is 17.2 Å². The van der Waals surface area contributed by atoms with Gasteiger partial charge in [0.1, 0.15) is 12.4 Å². The maximum atomic E-state index is 5.11. The molecule has 8 heteroatoms. The summed E-state index contributed by atoms with van der Waals surface area (Å²) in [5, 5.41) is 16.2. The Kier molecular flexibility index (Phi) is 6.43. The highest BCUT2D eigenvalue weighted by Gasteiger charge is 2.06. The largest absolute Gasteiger partial charge is 0.383 e. The number of nitrogens with one attached hydrogen (secondary N) is 3. The van der Waals surface area contributed by atoms with Gasteiger partial charge in [0.25, 0.3) is 0 Å². The highest BCUT2D eigenvalue weighted by atomic mass is 16.5. The number of fused-ring (bicyclic) bond motifs is 1. The van der Waals surface area contributed by atoms with E-state index in [1.165, 1.54) is 10.9 Å². The zero-order chi connectivity index (χ0) is 19.1. The lowest BCUT2D eigenvalue weighted by molar-refractivity contribution is 0.203. The van der Waals surface area contributed by atoms with Crippen LogP contribution < -0.4 is 10.6 Å². The van der Waals surface area contributed by atoms with Gasteiger partial charge in [-0.2, -0.15) is 0 Å².